The first-order chi connectivity index (χ1) is 10.5. The molecule has 4 nitrogen and oxygen atoms in total. The Kier molecular flexibility index (Phi) is 3.81. The lowest BCUT2D eigenvalue weighted by Gasteiger charge is -2.32. The molecule has 1 saturated carbocycles. The minimum absolute atomic E-state index is 0.0448. The number of nitrogens with zero attached hydrogens (tertiary/aromatic N) is 1. The molecule has 0 N–H and O–H groups in total. The lowest BCUT2D eigenvalue weighted by atomic mass is 9.75. The Morgan fingerprint density at radius 1 is 1.09 bits per heavy atom. The van der Waals surface area contributed by atoms with Crippen LogP contribution in [0.3, 0.4) is 0 Å². The average Bonchev–Trinajstić information content (AvgIpc) is 3.16. The fourth-order valence-corrected chi connectivity index (χ4v) is 2.62. The zero-order valence-electron chi connectivity index (χ0n) is 15.4. The van der Waals surface area contributed by atoms with Crippen LogP contribution in [0.25, 0.3) is 0 Å². The molecule has 0 unspecified atom stereocenters. The zero-order valence-corrected chi connectivity index (χ0v) is 15.4. The third-order valence-corrected chi connectivity index (χ3v) is 5.05. The van der Waals surface area contributed by atoms with Gasteiger partial charge in [-0.15, -0.1) is 0 Å². The second-order valence-electron chi connectivity index (χ2n) is 8.76. The minimum atomic E-state index is -0.441. The van der Waals surface area contributed by atoms with E-state index < -0.39 is 7.12 Å². The molecule has 5 heteroatoms. The molecule has 1 aromatic heterocycles. The lowest BCUT2D eigenvalue weighted by Crippen LogP contribution is -2.41. The van der Waals surface area contributed by atoms with E-state index in [2.05, 4.69) is 53.5 Å². The maximum atomic E-state index is 6.26. The summed E-state index contributed by atoms with van der Waals surface area (Å²) in [6.07, 6.45) is 6.30. The van der Waals surface area contributed by atoms with Gasteiger partial charge in [-0.05, 0) is 46.0 Å². The average molecular weight is 317 g/mol. The lowest BCUT2D eigenvalue weighted by molar-refractivity contribution is 0.00578. The van der Waals surface area contributed by atoms with Gasteiger partial charge in [0.25, 0.3) is 0 Å². The smallest absolute Gasteiger partial charge is 0.490 e. The van der Waals surface area contributed by atoms with E-state index in [0.29, 0.717) is 6.10 Å². The number of hydrogen-bond donors (Lipinski definition) is 0. The zero-order chi connectivity index (χ0) is 17.0. The minimum Gasteiger partial charge on any atom is -0.490 e. The van der Waals surface area contributed by atoms with Crippen molar-refractivity contribution in [2.75, 3.05) is 0 Å². The molecule has 23 heavy (non-hydrogen) atoms. The topological polar surface area (TPSA) is 40.6 Å². The molecule has 0 bridgehead atoms. The molecular weight excluding hydrogens is 289 g/mol. The molecular formula is C18H28BNO3. The molecule has 0 spiro atoms. The van der Waals surface area contributed by atoms with Crippen molar-refractivity contribution in [3.8, 4) is 5.75 Å². The van der Waals surface area contributed by atoms with Crippen LogP contribution in [0.4, 0.5) is 0 Å². The second-order valence-corrected chi connectivity index (χ2v) is 8.76. The van der Waals surface area contributed by atoms with Gasteiger partial charge in [0, 0.05) is 23.4 Å². The van der Waals surface area contributed by atoms with Gasteiger partial charge in [-0.1, -0.05) is 20.8 Å². The first-order valence-corrected chi connectivity index (χ1v) is 8.52. The van der Waals surface area contributed by atoms with Crippen molar-refractivity contribution in [2.45, 2.75) is 84.0 Å². The molecule has 1 saturated heterocycles. The molecule has 1 aromatic rings. The monoisotopic (exact) mass is 317 g/mol. The van der Waals surface area contributed by atoms with E-state index in [0.717, 1.165) is 29.6 Å². The summed E-state index contributed by atoms with van der Waals surface area (Å²) in [6.45, 7) is 14.8. The van der Waals surface area contributed by atoms with Crippen molar-refractivity contribution in [3.63, 3.8) is 0 Å². The summed E-state index contributed by atoms with van der Waals surface area (Å²) >= 11 is 0. The van der Waals surface area contributed by atoms with Crippen LogP contribution in [0.5, 0.6) is 5.75 Å². The van der Waals surface area contributed by atoms with E-state index in [4.69, 9.17) is 14.0 Å². The standard InChI is InChI=1S/C18H28BNO3/c1-16(2,3)13-10-20-11-14(15(13)21-12-8-9-12)19-22-17(4,5)18(6,7)23-19/h10-12H,8-9H2,1-7H3. The van der Waals surface area contributed by atoms with Crippen molar-refractivity contribution >= 4 is 12.6 Å². The third kappa shape index (κ3) is 3.13. The molecule has 126 valence electrons. The summed E-state index contributed by atoms with van der Waals surface area (Å²) in [5.74, 6) is 0.897. The quantitative estimate of drug-likeness (QED) is 0.803. The Morgan fingerprint density at radius 2 is 1.65 bits per heavy atom. The van der Waals surface area contributed by atoms with Gasteiger partial charge in [-0.25, -0.2) is 0 Å². The summed E-state index contributed by atoms with van der Waals surface area (Å²) in [7, 11) is -0.441. The Bertz CT molecular complexity index is 587. The number of aromatic nitrogens is 1. The first kappa shape index (κ1) is 16.8. The normalized spacial score (nSPS) is 23.2. The highest BCUT2D eigenvalue weighted by molar-refractivity contribution is 6.63. The Morgan fingerprint density at radius 3 is 2.13 bits per heavy atom. The number of hydrogen-bond acceptors (Lipinski definition) is 4. The van der Waals surface area contributed by atoms with E-state index in [-0.39, 0.29) is 16.6 Å². The van der Waals surface area contributed by atoms with Gasteiger partial charge in [-0.2, -0.15) is 0 Å². The van der Waals surface area contributed by atoms with Crippen LogP contribution in [0.15, 0.2) is 12.4 Å². The van der Waals surface area contributed by atoms with Gasteiger partial charge in [0.05, 0.1) is 17.3 Å². The molecule has 2 fully saturated rings. The Hall–Kier alpha value is -1.07. The predicted octanol–water partition coefficient (Wildman–Crippen LogP) is 3.22. The van der Waals surface area contributed by atoms with Crippen molar-refractivity contribution in [3.05, 3.63) is 18.0 Å². The Labute approximate surface area is 140 Å². The molecule has 1 aliphatic carbocycles. The van der Waals surface area contributed by atoms with E-state index >= 15 is 0 Å². The summed E-state index contributed by atoms with van der Waals surface area (Å²) in [5, 5.41) is 0. The van der Waals surface area contributed by atoms with Gasteiger partial charge in [0.15, 0.2) is 0 Å². The van der Waals surface area contributed by atoms with Crippen LogP contribution in [-0.4, -0.2) is 29.4 Å². The number of rotatable bonds is 3. The van der Waals surface area contributed by atoms with Crippen LogP contribution < -0.4 is 10.2 Å². The van der Waals surface area contributed by atoms with Crippen molar-refractivity contribution in [2.24, 2.45) is 0 Å². The molecule has 0 aromatic carbocycles. The predicted molar refractivity (Wildman–Crippen MR) is 92.3 cm³/mol. The van der Waals surface area contributed by atoms with Gasteiger partial charge < -0.3 is 14.0 Å². The van der Waals surface area contributed by atoms with Crippen molar-refractivity contribution in [1.82, 2.24) is 4.98 Å². The highest BCUT2D eigenvalue weighted by atomic mass is 16.7. The first-order valence-electron chi connectivity index (χ1n) is 8.52. The number of ether oxygens (including phenoxy) is 1. The largest absolute Gasteiger partial charge is 0.500 e. The maximum absolute atomic E-state index is 6.26. The molecule has 2 heterocycles. The molecule has 0 radical (unpaired) electrons. The van der Waals surface area contributed by atoms with E-state index in [1.165, 1.54) is 0 Å². The highest BCUT2D eigenvalue weighted by Crippen LogP contribution is 2.39. The summed E-state index contributed by atoms with van der Waals surface area (Å²) in [6, 6.07) is 0. The molecule has 2 aliphatic rings. The van der Waals surface area contributed by atoms with E-state index in [9.17, 15) is 0 Å². The molecule has 3 rings (SSSR count). The van der Waals surface area contributed by atoms with Crippen LogP contribution in [-0.2, 0) is 14.7 Å². The molecule has 0 atom stereocenters. The molecule has 1 aliphatic heterocycles. The van der Waals surface area contributed by atoms with Gasteiger partial charge in [0.2, 0.25) is 0 Å². The third-order valence-electron chi connectivity index (χ3n) is 5.05. The Balaban J connectivity index is 2.02. The fraction of sp³-hybridized carbons (Fsp3) is 0.722. The SMILES string of the molecule is CC(C)(C)c1cncc(B2OC(C)(C)C(C)(C)O2)c1OC1CC1. The highest BCUT2D eigenvalue weighted by Gasteiger charge is 2.53. The van der Waals surface area contributed by atoms with Crippen LogP contribution in [0.2, 0.25) is 0 Å². The maximum Gasteiger partial charge on any atom is 0.500 e. The van der Waals surface area contributed by atoms with E-state index in [1.807, 2.05) is 12.4 Å². The van der Waals surface area contributed by atoms with Crippen molar-refractivity contribution in [1.29, 1.82) is 0 Å². The van der Waals surface area contributed by atoms with Gasteiger partial charge >= 0.3 is 7.12 Å². The number of pyridine rings is 1. The van der Waals surface area contributed by atoms with Crippen molar-refractivity contribution < 1.29 is 14.0 Å². The van der Waals surface area contributed by atoms with Crippen LogP contribution in [0, 0.1) is 0 Å². The van der Waals surface area contributed by atoms with Gasteiger partial charge in [-0.3, -0.25) is 4.98 Å². The fourth-order valence-electron chi connectivity index (χ4n) is 2.62. The van der Waals surface area contributed by atoms with E-state index in [1.54, 1.807) is 0 Å². The summed E-state index contributed by atoms with van der Waals surface area (Å²) < 4.78 is 18.7. The summed E-state index contributed by atoms with van der Waals surface area (Å²) in [5.41, 5.74) is 1.23. The van der Waals surface area contributed by atoms with Gasteiger partial charge in [0.1, 0.15) is 5.75 Å². The van der Waals surface area contributed by atoms with Crippen LogP contribution >= 0.6 is 0 Å². The van der Waals surface area contributed by atoms with Crippen LogP contribution in [0.1, 0.15) is 66.9 Å². The molecule has 0 amide bonds. The second kappa shape index (κ2) is 5.22. The summed E-state index contributed by atoms with van der Waals surface area (Å²) in [4.78, 5) is 4.44.